The first-order valence-electron chi connectivity index (χ1n) is 10.1. The Morgan fingerprint density at radius 1 is 0.939 bits per heavy atom. The summed E-state index contributed by atoms with van der Waals surface area (Å²) in [5, 5.41) is 4.30. The van der Waals surface area contributed by atoms with E-state index in [4.69, 9.17) is 32.4 Å². The average Bonchev–Trinajstić information content (AvgIpc) is 3.29. The predicted molar refractivity (Wildman–Crippen MR) is 133 cm³/mol. The third kappa shape index (κ3) is 4.96. The number of hydrogen-bond acceptors (Lipinski definition) is 5. The largest absolute Gasteiger partial charge is 0.486 e. The summed E-state index contributed by atoms with van der Waals surface area (Å²) in [6, 6.07) is 22.4. The van der Waals surface area contributed by atoms with E-state index in [9.17, 15) is 4.79 Å². The second-order valence-corrected chi connectivity index (χ2v) is 9.20. The van der Waals surface area contributed by atoms with Gasteiger partial charge in [-0.1, -0.05) is 47.1 Å². The maximum atomic E-state index is 12.7. The zero-order chi connectivity index (χ0) is 22.8. The van der Waals surface area contributed by atoms with Crippen LogP contribution >= 0.6 is 35.0 Å². The van der Waals surface area contributed by atoms with Crippen molar-refractivity contribution in [2.45, 2.75) is 16.4 Å². The minimum Gasteiger partial charge on any atom is -0.486 e. The molecule has 0 unspecified atom stereocenters. The molecule has 2 heterocycles. The summed E-state index contributed by atoms with van der Waals surface area (Å²) in [5.41, 5.74) is 2.58. The highest BCUT2D eigenvalue weighted by Gasteiger charge is 2.16. The van der Waals surface area contributed by atoms with Crippen LogP contribution in [-0.2, 0) is 6.61 Å². The van der Waals surface area contributed by atoms with Gasteiger partial charge in [-0.3, -0.25) is 4.79 Å². The normalized spacial score (nSPS) is 12.2. The summed E-state index contributed by atoms with van der Waals surface area (Å²) in [7, 11) is 0. The first-order chi connectivity index (χ1) is 16.0. The van der Waals surface area contributed by atoms with Crippen LogP contribution in [0.4, 0.5) is 11.4 Å². The molecule has 1 aliphatic heterocycles. The van der Waals surface area contributed by atoms with Crippen molar-refractivity contribution >= 4 is 58.2 Å². The van der Waals surface area contributed by atoms with E-state index in [1.165, 1.54) is 11.0 Å². The number of hydrogen-bond donors (Lipinski definition) is 1. The number of ketones is 1. The minimum absolute atomic E-state index is 0.103. The van der Waals surface area contributed by atoms with Gasteiger partial charge in [-0.2, -0.15) is 0 Å². The first-order valence-corrected chi connectivity index (χ1v) is 11.7. The molecule has 164 valence electrons. The highest BCUT2D eigenvalue weighted by molar-refractivity contribution is 7.99. The number of carbonyl (C=O) groups excluding carboxylic acids is 1. The smallest absolute Gasteiger partial charge is 0.186 e. The molecule has 5 rings (SSSR count). The zero-order valence-corrected chi connectivity index (χ0v) is 19.5. The predicted octanol–water partition coefficient (Wildman–Crippen LogP) is 8.27. The van der Waals surface area contributed by atoms with Crippen molar-refractivity contribution in [2.75, 3.05) is 5.32 Å². The maximum absolute atomic E-state index is 12.7. The van der Waals surface area contributed by atoms with Gasteiger partial charge in [0, 0.05) is 21.4 Å². The second-order valence-electron chi connectivity index (χ2n) is 7.30. The first kappa shape index (κ1) is 21.7. The van der Waals surface area contributed by atoms with Crippen LogP contribution in [0.5, 0.6) is 5.75 Å². The van der Waals surface area contributed by atoms with Crippen LogP contribution in [0.2, 0.25) is 10.0 Å². The van der Waals surface area contributed by atoms with Crippen LogP contribution in [0.15, 0.2) is 93.1 Å². The van der Waals surface area contributed by atoms with Crippen molar-refractivity contribution in [1.29, 1.82) is 0 Å². The molecule has 1 N–H and O–H groups in total. The van der Waals surface area contributed by atoms with E-state index in [-0.39, 0.29) is 12.4 Å². The summed E-state index contributed by atoms with van der Waals surface area (Å²) in [5.74, 6) is 1.68. The standard InChI is InChI=1S/C26H17Cl2NO3S/c27-20-10-8-18(14-21(20)28)31-15-19-7-6-17(32-19)9-11-24(30)16-5-12-26-23(13-16)29-22-3-1-2-4-25(22)33-26/h1-14,29H,15H2/b11-9+. The highest BCUT2D eigenvalue weighted by atomic mass is 35.5. The minimum atomic E-state index is -0.103. The molecule has 0 saturated carbocycles. The number of ether oxygens (including phenoxy) is 1. The fourth-order valence-corrected chi connectivity index (χ4v) is 4.59. The van der Waals surface area contributed by atoms with Gasteiger partial charge >= 0.3 is 0 Å². The van der Waals surface area contributed by atoms with Crippen molar-refractivity contribution in [3.63, 3.8) is 0 Å². The van der Waals surface area contributed by atoms with Crippen LogP contribution in [-0.4, -0.2) is 5.78 Å². The molecule has 0 spiro atoms. The van der Waals surface area contributed by atoms with Crippen LogP contribution < -0.4 is 10.1 Å². The number of nitrogens with one attached hydrogen (secondary N) is 1. The van der Waals surface area contributed by atoms with Gasteiger partial charge in [-0.15, -0.1) is 0 Å². The number of benzene rings is 3. The van der Waals surface area contributed by atoms with Gasteiger partial charge in [-0.05, 0) is 66.7 Å². The second kappa shape index (κ2) is 9.40. The lowest BCUT2D eigenvalue weighted by molar-refractivity contribution is 0.104. The van der Waals surface area contributed by atoms with Gasteiger partial charge in [0.05, 0.1) is 21.4 Å². The molecule has 0 fully saturated rings. The van der Waals surface area contributed by atoms with Crippen molar-refractivity contribution in [1.82, 2.24) is 0 Å². The number of carbonyl (C=O) groups is 1. The summed E-state index contributed by atoms with van der Waals surface area (Å²) in [6.07, 6.45) is 3.16. The Bertz CT molecular complexity index is 1380. The SMILES string of the molecule is O=C(/C=C/c1ccc(COc2ccc(Cl)c(Cl)c2)o1)c1ccc2c(c1)Nc1ccccc1S2. The fourth-order valence-electron chi connectivity index (χ4n) is 3.33. The van der Waals surface area contributed by atoms with Crippen LogP contribution in [0, 0.1) is 0 Å². The molecule has 4 nitrogen and oxygen atoms in total. The lowest BCUT2D eigenvalue weighted by atomic mass is 10.1. The number of rotatable bonds is 6. The van der Waals surface area contributed by atoms with Crippen molar-refractivity contribution < 1.29 is 13.9 Å². The quantitative estimate of drug-likeness (QED) is 0.190. The Morgan fingerprint density at radius 3 is 2.67 bits per heavy atom. The molecule has 7 heteroatoms. The number of para-hydroxylation sites is 1. The molecule has 1 aliphatic rings. The van der Waals surface area contributed by atoms with E-state index in [1.807, 2.05) is 36.4 Å². The van der Waals surface area contributed by atoms with E-state index in [0.29, 0.717) is 32.9 Å². The monoisotopic (exact) mass is 493 g/mol. The molecule has 33 heavy (non-hydrogen) atoms. The molecule has 0 radical (unpaired) electrons. The number of furan rings is 1. The van der Waals surface area contributed by atoms with Gasteiger partial charge in [0.2, 0.25) is 0 Å². The average molecular weight is 494 g/mol. The Morgan fingerprint density at radius 2 is 1.79 bits per heavy atom. The van der Waals surface area contributed by atoms with Gasteiger partial charge in [0.1, 0.15) is 23.9 Å². The molecule has 0 saturated heterocycles. The molecular formula is C26H17Cl2NO3S. The number of halogens is 2. The van der Waals surface area contributed by atoms with E-state index >= 15 is 0 Å². The lowest BCUT2D eigenvalue weighted by Crippen LogP contribution is -2.02. The van der Waals surface area contributed by atoms with Gasteiger partial charge in [-0.25, -0.2) is 0 Å². The lowest BCUT2D eigenvalue weighted by Gasteiger charge is -2.20. The van der Waals surface area contributed by atoms with Crippen LogP contribution in [0.25, 0.3) is 6.08 Å². The fraction of sp³-hybridized carbons (Fsp3) is 0.0385. The molecule has 0 amide bonds. The Labute approximate surface area is 205 Å². The zero-order valence-electron chi connectivity index (χ0n) is 17.2. The molecule has 3 aromatic carbocycles. The number of fused-ring (bicyclic) bond motifs is 2. The molecular weight excluding hydrogens is 477 g/mol. The molecule has 0 atom stereocenters. The number of anilines is 2. The van der Waals surface area contributed by atoms with Gasteiger partial charge < -0.3 is 14.5 Å². The summed E-state index contributed by atoms with van der Waals surface area (Å²) in [4.78, 5) is 15.0. The molecule has 1 aromatic heterocycles. The van der Waals surface area contributed by atoms with Crippen LogP contribution in [0.1, 0.15) is 21.9 Å². The third-order valence-electron chi connectivity index (χ3n) is 4.99. The Kier molecular flexibility index (Phi) is 6.18. The van der Waals surface area contributed by atoms with Crippen molar-refractivity contribution in [3.8, 4) is 5.75 Å². The highest BCUT2D eigenvalue weighted by Crippen LogP contribution is 2.44. The van der Waals surface area contributed by atoms with E-state index in [1.54, 1.807) is 48.2 Å². The molecule has 0 bridgehead atoms. The number of allylic oxidation sites excluding steroid dienone is 1. The van der Waals surface area contributed by atoms with Crippen LogP contribution in [0.3, 0.4) is 0 Å². The summed E-state index contributed by atoms with van der Waals surface area (Å²) in [6.45, 7) is 0.232. The summed E-state index contributed by atoms with van der Waals surface area (Å²) >= 11 is 13.6. The maximum Gasteiger partial charge on any atom is 0.186 e. The Hall–Kier alpha value is -3.12. The third-order valence-corrected chi connectivity index (χ3v) is 6.88. The topological polar surface area (TPSA) is 51.5 Å². The van der Waals surface area contributed by atoms with E-state index < -0.39 is 0 Å². The molecule has 4 aromatic rings. The van der Waals surface area contributed by atoms with E-state index in [2.05, 4.69) is 11.4 Å². The van der Waals surface area contributed by atoms with E-state index in [0.717, 1.165) is 16.3 Å². The Balaban J connectivity index is 1.23. The summed E-state index contributed by atoms with van der Waals surface area (Å²) < 4.78 is 11.4. The van der Waals surface area contributed by atoms with Crippen molar-refractivity contribution in [3.05, 3.63) is 106 Å². The van der Waals surface area contributed by atoms with Crippen molar-refractivity contribution in [2.24, 2.45) is 0 Å². The molecule has 0 aliphatic carbocycles. The van der Waals surface area contributed by atoms with Gasteiger partial charge in [0.25, 0.3) is 0 Å². The van der Waals surface area contributed by atoms with Gasteiger partial charge in [0.15, 0.2) is 5.78 Å².